The Hall–Kier alpha value is -1.38. The molecule has 1 aromatic heterocycles. The van der Waals surface area contributed by atoms with E-state index in [0.29, 0.717) is 13.1 Å². The standard InChI is InChI=1S/C15H16F3NO2S2/c1-23(20,21)9-8-19-10-13-6-7-14(22-13)11-2-4-12(5-3-11)15(16,17)18/h2-7,19H,8-10H2,1H3. The maximum Gasteiger partial charge on any atom is 0.416 e. The maximum atomic E-state index is 12.5. The summed E-state index contributed by atoms with van der Waals surface area (Å²) in [6.07, 6.45) is -3.15. The molecule has 0 radical (unpaired) electrons. The first-order valence-electron chi connectivity index (χ1n) is 6.80. The van der Waals surface area contributed by atoms with Crippen molar-refractivity contribution in [2.75, 3.05) is 18.6 Å². The first-order chi connectivity index (χ1) is 10.6. The number of alkyl halides is 3. The SMILES string of the molecule is CS(=O)(=O)CCNCc1ccc(-c2ccc(C(F)(F)F)cc2)s1. The smallest absolute Gasteiger partial charge is 0.311 e. The van der Waals surface area contributed by atoms with Crippen LogP contribution in [0.5, 0.6) is 0 Å². The fourth-order valence-corrected chi connectivity index (χ4v) is 3.42. The van der Waals surface area contributed by atoms with Gasteiger partial charge in [-0.3, -0.25) is 0 Å². The number of benzene rings is 1. The van der Waals surface area contributed by atoms with Gasteiger partial charge in [0.25, 0.3) is 0 Å². The van der Waals surface area contributed by atoms with Gasteiger partial charge in [-0.1, -0.05) is 12.1 Å². The Kier molecular flexibility index (Phi) is 5.49. The van der Waals surface area contributed by atoms with Gasteiger partial charge in [0, 0.05) is 29.1 Å². The van der Waals surface area contributed by atoms with Crippen LogP contribution in [0.4, 0.5) is 13.2 Å². The van der Waals surface area contributed by atoms with Crippen LogP contribution in [0.1, 0.15) is 10.4 Å². The van der Waals surface area contributed by atoms with Gasteiger partial charge in [-0.25, -0.2) is 8.42 Å². The number of sulfone groups is 1. The zero-order valence-electron chi connectivity index (χ0n) is 12.4. The van der Waals surface area contributed by atoms with Crippen molar-refractivity contribution >= 4 is 21.2 Å². The second-order valence-electron chi connectivity index (χ2n) is 5.15. The zero-order chi connectivity index (χ0) is 17.1. The van der Waals surface area contributed by atoms with Crippen molar-refractivity contribution in [3.63, 3.8) is 0 Å². The second kappa shape index (κ2) is 7.02. The molecule has 1 aromatic carbocycles. The van der Waals surface area contributed by atoms with Crippen LogP contribution in [0.2, 0.25) is 0 Å². The first kappa shape index (κ1) is 18.0. The maximum absolute atomic E-state index is 12.5. The normalized spacial score (nSPS) is 12.5. The number of hydrogen-bond donors (Lipinski definition) is 1. The van der Waals surface area contributed by atoms with Gasteiger partial charge in [-0.15, -0.1) is 11.3 Å². The van der Waals surface area contributed by atoms with Crippen molar-refractivity contribution in [2.24, 2.45) is 0 Å². The van der Waals surface area contributed by atoms with Gasteiger partial charge in [0.2, 0.25) is 0 Å². The van der Waals surface area contributed by atoms with Crippen molar-refractivity contribution in [1.29, 1.82) is 0 Å². The molecule has 0 bridgehead atoms. The van der Waals surface area contributed by atoms with E-state index in [-0.39, 0.29) is 5.75 Å². The highest BCUT2D eigenvalue weighted by atomic mass is 32.2. The summed E-state index contributed by atoms with van der Waals surface area (Å²) in [4.78, 5) is 1.87. The van der Waals surface area contributed by atoms with Crippen LogP contribution >= 0.6 is 11.3 Å². The largest absolute Gasteiger partial charge is 0.416 e. The summed E-state index contributed by atoms with van der Waals surface area (Å²) in [5, 5.41) is 3.03. The fraction of sp³-hybridized carbons (Fsp3) is 0.333. The van der Waals surface area contributed by atoms with E-state index < -0.39 is 21.6 Å². The van der Waals surface area contributed by atoms with Gasteiger partial charge in [-0.2, -0.15) is 13.2 Å². The minimum absolute atomic E-state index is 0.0735. The summed E-state index contributed by atoms with van der Waals surface area (Å²) in [6, 6.07) is 8.77. The van der Waals surface area contributed by atoms with Gasteiger partial charge in [-0.05, 0) is 29.8 Å². The summed E-state index contributed by atoms with van der Waals surface area (Å²) >= 11 is 1.46. The quantitative estimate of drug-likeness (QED) is 0.798. The molecule has 0 unspecified atom stereocenters. The molecule has 3 nitrogen and oxygen atoms in total. The molecular weight excluding hydrogens is 347 g/mol. The van der Waals surface area contributed by atoms with Crippen LogP contribution < -0.4 is 5.32 Å². The lowest BCUT2D eigenvalue weighted by Gasteiger charge is -2.06. The van der Waals surface area contributed by atoms with Crippen molar-refractivity contribution in [3.8, 4) is 10.4 Å². The third kappa shape index (κ3) is 5.63. The molecular formula is C15H16F3NO2S2. The van der Waals surface area contributed by atoms with E-state index in [9.17, 15) is 21.6 Å². The molecule has 0 spiro atoms. The summed E-state index contributed by atoms with van der Waals surface area (Å²) < 4.78 is 59.6. The Balaban J connectivity index is 1.96. The Bertz CT molecular complexity index is 750. The van der Waals surface area contributed by atoms with Crippen LogP contribution in [0.15, 0.2) is 36.4 Å². The van der Waals surface area contributed by atoms with Gasteiger partial charge in [0.1, 0.15) is 9.84 Å². The molecule has 1 heterocycles. The van der Waals surface area contributed by atoms with Crippen LogP contribution in [-0.2, 0) is 22.6 Å². The van der Waals surface area contributed by atoms with E-state index in [1.54, 1.807) is 0 Å². The molecule has 8 heteroatoms. The molecule has 0 amide bonds. The van der Waals surface area contributed by atoms with E-state index in [0.717, 1.165) is 27.5 Å². The predicted molar refractivity (Wildman–Crippen MR) is 86.2 cm³/mol. The highest BCUT2D eigenvalue weighted by Crippen LogP contribution is 2.33. The molecule has 0 aliphatic heterocycles. The predicted octanol–water partition coefficient (Wildman–Crippen LogP) is 3.57. The van der Waals surface area contributed by atoms with Crippen LogP contribution in [0, 0.1) is 0 Å². The minimum Gasteiger partial charge on any atom is -0.311 e. The number of rotatable bonds is 6. The van der Waals surface area contributed by atoms with Crippen LogP contribution in [-0.4, -0.2) is 27.0 Å². The third-order valence-electron chi connectivity index (χ3n) is 3.11. The Morgan fingerprint density at radius 2 is 1.74 bits per heavy atom. The molecule has 0 saturated heterocycles. The van der Waals surface area contributed by atoms with E-state index in [1.165, 1.54) is 29.7 Å². The Morgan fingerprint density at radius 1 is 1.09 bits per heavy atom. The molecule has 0 aliphatic rings. The van der Waals surface area contributed by atoms with Crippen LogP contribution in [0.3, 0.4) is 0 Å². The Morgan fingerprint density at radius 3 is 2.30 bits per heavy atom. The molecule has 0 atom stereocenters. The third-order valence-corrected chi connectivity index (χ3v) is 5.19. The summed E-state index contributed by atoms with van der Waals surface area (Å²) in [6.45, 7) is 0.896. The molecule has 0 aliphatic carbocycles. The van der Waals surface area contributed by atoms with Crippen molar-refractivity contribution in [3.05, 3.63) is 46.8 Å². The van der Waals surface area contributed by atoms with Crippen molar-refractivity contribution in [1.82, 2.24) is 5.32 Å². The monoisotopic (exact) mass is 363 g/mol. The fourth-order valence-electron chi connectivity index (χ4n) is 1.92. The van der Waals surface area contributed by atoms with Crippen molar-refractivity contribution < 1.29 is 21.6 Å². The van der Waals surface area contributed by atoms with E-state index in [1.807, 2.05) is 12.1 Å². The van der Waals surface area contributed by atoms with Gasteiger partial charge < -0.3 is 5.32 Å². The second-order valence-corrected chi connectivity index (χ2v) is 8.58. The summed E-state index contributed by atoms with van der Waals surface area (Å²) in [5.41, 5.74) is 0.0610. The van der Waals surface area contributed by atoms with E-state index in [2.05, 4.69) is 5.32 Å². The highest BCUT2D eigenvalue weighted by molar-refractivity contribution is 7.90. The number of thiophene rings is 1. The molecule has 0 fully saturated rings. The molecule has 2 aromatic rings. The van der Waals surface area contributed by atoms with E-state index in [4.69, 9.17) is 0 Å². The topological polar surface area (TPSA) is 46.2 Å². The molecule has 126 valence electrons. The molecule has 2 rings (SSSR count). The summed E-state index contributed by atoms with van der Waals surface area (Å²) in [7, 11) is -2.98. The zero-order valence-corrected chi connectivity index (χ0v) is 14.0. The van der Waals surface area contributed by atoms with Gasteiger partial charge >= 0.3 is 6.18 Å². The highest BCUT2D eigenvalue weighted by Gasteiger charge is 2.29. The molecule has 23 heavy (non-hydrogen) atoms. The lowest BCUT2D eigenvalue weighted by Crippen LogP contribution is -2.21. The first-order valence-corrected chi connectivity index (χ1v) is 9.68. The lowest BCUT2D eigenvalue weighted by molar-refractivity contribution is -0.137. The average Bonchev–Trinajstić information content (AvgIpc) is 2.91. The van der Waals surface area contributed by atoms with Gasteiger partial charge in [0.15, 0.2) is 0 Å². The minimum atomic E-state index is -4.33. The molecule has 0 saturated carbocycles. The van der Waals surface area contributed by atoms with Gasteiger partial charge in [0.05, 0.1) is 11.3 Å². The lowest BCUT2D eigenvalue weighted by atomic mass is 10.1. The molecule has 1 N–H and O–H groups in total. The number of halogens is 3. The number of nitrogens with one attached hydrogen (secondary N) is 1. The average molecular weight is 363 g/mol. The summed E-state index contributed by atoms with van der Waals surface area (Å²) in [5.74, 6) is 0.0735. The van der Waals surface area contributed by atoms with E-state index >= 15 is 0 Å². The Labute approximate surface area is 137 Å². The van der Waals surface area contributed by atoms with Crippen LogP contribution in [0.25, 0.3) is 10.4 Å². The van der Waals surface area contributed by atoms with Crippen molar-refractivity contribution in [2.45, 2.75) is 12.7 Å². The number of hydrogen-bond acceptors (Lipinski definition) is 4.